The van der Waals surface area contributed by atoms with E-state index < -0.39 is 34.6 Å². The summed E-state index contributed by atoms with van der Waals surface area (Å²) < 4.78 is 4.61. The number of halogens is 1. The molecule has 3 fully saturated rings. The van der Waals surface area contributed by atoms with E-state index in [0.29, 0.717) is 12.1 Å². The van der Waals surface area contributed by atoms with Crippen molar-refractivity contribution in [3.63, 3.8) is 0 Å². The molecule has 1 spiro atoms. The Morgan fingerprint density at radius 3 is 2.37 bits per heavy atom. The molecule has 8 nitrogen and oxygen atoms in total. The maximum Gasteiger partial charge on any atom is 0.310 e. The van der Waals surface area contributed by atoms with Gasteiger partial charge in [0.15, 0.2) is 0 Å². The maximum absolute atomic E-state index is 15.0. The third kappa shape index (κ3) is 5.29. The highest BCUT2D eigenvalue weighted by Gasteiger charge is 2.76. The van der Waals surface area contributed by atoms with E-state index in [-0.39, 0.29) is 41.6 Å². The Bertz CT molecular complexity index is 1340. The van der Waals surface area contributed by atoms with Crippen LogP contribution in [-0.4, -0.2) is 81.5 Å². The zero-order valence-electron chi connectivity index (χ0n) is 24.9. The molecule has 3 heterocycles. The lowest BCUT2D eigenvalue weighted by Crippen LogP contribution is -2.56. The fourth-order valence-electron chi connectivity index (χ4n) is 7.25. The zero-order chi connectivity index (χ0) is 30.9. The molecule has 0 saturated carbocycles. The van der Waals surface area contributed by atoms with Crippen molar-refractivity contribution in [2.24, 2.45) is 11.8 Å². The number of carbonyl (C=O) groups excluding carboxylic acids is 3. The number of carbonyl (C=O) groups is 3. The number of hydrogen-bond acceptors (Lipinski definition) is 7. The normalized spacial score (nSPS) is 28.0. The lowest BCUT2D eigenvalue weighted by molar-refractivity contribution is -0.154. The minimum atomic E-state index is -0.917. The number of alkyl halides is 1. The van der Waals surface area contributed by atoms with E-state index in [4.69, 9.17) is 4.74 Å². The van der Waals surface area contributed by atoms with Crippen LogP contribution < -0.4 is 9.80 Å². The molecule has 7 atom stereocenters. The summed E-state index contributed by atoms with van der Waals surface area (Å²) in [5.41, 5.74) is 2.49. The van der Waals surface area contributed by atoms with Crippen LogP contribution in [0.15, 0.2) is 67.3 Å². The van der Waals surface area contributed by atoms with Gasteiger partial charge in [0.1, 0.15) is 6.04 Å². The van der Waals surface area contributed by atoms with E-state index in [1.165, 1.54) is 0 Å². The molecule has 1 N–H and O–H groups in total. The molecule has 2 aromatic carbocycles. The predicted molar refractivity (Wildman–Crippen MR) is 175 cm³/mol. The van der Waals surface area contributed by atoms with Crippen LogP contribution >= 0.6 is 27.7 Å². The van der Waals surface area contributed by atoms with Crippen LogP contribution in [0.1, 0.15) is 38.8 Å². The van der Waals surface area contributed by atoms with E-state index >= 15 is 0 Å². The summed E-state index contributed by atoms with van der Waals surface area (Å²) >= 11 is 5.35. The average molecular weight is 671 g/mol. The maximum atomic E-state index is 15.0. The van der Waals surface area contributed by atoms with Crippen LogP contribution in [0.25, 0.3) is 0 Å². The van der Waals surface area contributed by atoms with Gasteiger partial charge < -0.3 is 24.5 Å². The number of nitrogens with zero attached hydrogens (tertiary/aromatic N) is 3. The Morgan fingerprint density at radius 2 is 1.79 bits per heavy atom. The molecule has 2 aromatic rings. The van der Waals surface area contributed by atoms with Crippen LogP contribution in [0.2, 0.25) is 0 Å². The molecule has 3 saturated heterocycles. The summed E-state index contributed by atoms with van der Waals surface area (Å²) in [4.78, 5) is 48.3. The van der Waals surface area contributed by atoms with Gasteiger partial charge in [0.2, 0.25) is 5.91 Å². The average Bonchev–Trinajstić information content (AvgIpc) is 3.61. The molecule has 10 heteroatoms. The molecule has 0 radical (unpaired) electrons. The summed E-state index contributed by atoms with van der Waals surface area (Å²) in [5.74, 6) is -2.38. The number of aliphatic hydroxyl groups is 1. The van der Waals surface area contributed by atoms with E-state index in [9.17, 15) is 19.5 Å². The van der Waals surface area contributed by atoms with Crippen molar-refractivity contribution in [1.29, 1.82) is 0 Å². The molecule has 2 bridgehead atoms. The molecular formula is C33H40BrN3O5S. The summed E-state index contributed by atoms with van der Waals surface area (Å²) in [5, 5.41) is 10.5. The van der Waals surface area contributed by atoms with Crippen LogP contribution in [0.4, 0.5) is 11.4 Å². The highest BCUT2D eigenvalue weighted by atomic mass is 79.9. The number of amides is 2. The van der Waals surface area contributed by atoms with Crippen LogP contribution in [0, 0.1) is 11.8 Å². The van der Waals surface area contributed by atoms with Crippen molar-refractivity contribution in [2.45, 2.75) is 54.1 Å². The van der Waals surface area contributed by atoms with Crippen LogP contribution in [0.5, 0.6) is 0 Å². The van der Waals surface area contributed by atoms with Crippen molar-refractivity contribution >= 4 is 56.9 Å². The van der Waals surface area contributed by atoms with Gasteiger partial charge in [0, 0.05) is 41.1 Å². The summed E-state index contributed by atoms with van der Waals surface area (Å²) in [6, 6.07) is 15.5. The Kier molecular flexibility index (Phi) is 9.58. The monoisotopic (exact) mass is 669 g/mol. The fourth-order valence-corrected chi connectivity index (χ4v) is 10.8. The molecule has 0 aromatic heterocycles. The Labute approximate surface area is 266 Å². The molecule has 0 aliphatic carbocycles. The van der Waals surface area contributed by atoms with Gasteiger partial charge >= 0.3 is 5.97 Å². The molecule has 3 aliphatic rings. The van der Waals surface area contributed by atoms with Crippen molar-refractivity contribution in [1.82, 2.24) is 4.90 Å². The van der Waals surface area contributed by atoms with Gasteiger partial charge in [0.25, 0.3) is 5.91 Å². The molecular weight excluding hydrogens is 630 g/mol. The number of thioether (sulfide) groups is 1. The minimum absolute atomic E-state index is 0.0725. The van der Waals surface area contributed by atoms with Gasteiger partial charge in [-0.1, -0.05) is 52.3 Å². The number of likely N-dealkylation sites (tertiary alicyclic amines) is 1. The number of esters is 1. The second kappa shape index (κ2) is 13.0. The number of ether oxygens (including phenoxy) is 1. The highest BCUT2D eigenvalue weighted by molar-refractivity contribution is 9.09. The summed E-state index contributed by atoms with van der Waals surface area (Å²) in [6.07, 6.45) is 2.22. The second-order valence-electron chi connectivity index (χ2n) is 11.2. The van der Waals surface area contributed by atoms with Crippen molar-refractivity contribution < 1.29 is 24.2 Å². The van der Waals surface area contributed by atoms with Gasteiger partial charge in [-0.15, -0.1) is 18.3 Å². The van der Waals surface area contributed by atoms with E-state index in [1.807, 2.05) is 54.6 Å². The molecule has 3 aliphatic heterocycles. The zero-order valence-corrected chi connectivity index (χ0v) is 27.3. The number of benzene rings is 2. The standard InChI is InChI=1S/C33H40BrN3O5S/c1-5-18-36(23-16-14-22(15-17-23)35(6-2)7-3)31(40)29-33-19-24(34)28(43-33)26(32(41)42-8-4)27(33)30(39)37(29)25(20-38)21-12-10-9-11-13-21/h5,9-17,24-29,38H,1,6-8,18-20H2,2-4H3/t24?,25-,26+,27+,28+,29?,33?/m1/s1. The van der Waals surface area contributed by atoms with Gasteiger partial charge in [0.05, 0.1) is 35.8 Å². The van der Waals surface area contributed by atoms with Crippen LogP contribution in [0.3, 0.4) is 0 Å². The number of aliphatic hydroxyl groups excluding tert-OH is 1. The van der Waals surface area contributed by atoms with Crippen molar-refractivity contribution in [2.75, 3.05) is 42.6 Å². The first-order valence-electron chi connectivity index (χ1n) is 15.0. The SMILES string of the molecule is C=CCN(C(=O)C1N([C@H](CO)c2ccccc2)C(=O)[C@@H]2[C@H](C(=O)OCC)[C@H]3SC12CC3Br)c1ccc(N(CC)CC)cc1. The molecule has 230 valence electrons. The predicted octanol–water partition coefficient (Wildman–Crippen LogP) is 4.81. The second-order valence-corrected chi connectivity index (χ2v) is 13.9. The first-order valence-corrected chi connectivity index (χ1v) is 16.8. The Balaban J connectivity index is 1.62. The van der Waals surface area contributed by atoms with Gasteiger partial charge in [-0.05, 0) is 57.0 Å². The summed E-state index contributed by atoms with van der Waals surface area (Å²) in [6.45, 7) is 11.7. The van der Waals surface area contributed by atoms with Gasteiger partial charge in [-0.25, -0.2) is 0 Å². The molecule has 5 rings (SSSR count). The highest BCUT2D eigenvalue weighted by Crippen LogP contribution is 2.68. The number of fused-ring (bicyclic) bond motifs is 1. The van der Waals surface area contributed by atoms with Crippen molar-refractivity contribution in [3.8, 4) is 0 Å². The van der Waals surface area contributed by atoms with E-state index in [2.05, 4.69) is 41.3 Å². The summed E-state index contributed by atoms with van der Waals surface area (Å²) in [7, 11) is 0. The van der Waals surface area contributed by atoms with E-state index in [0.717, 1.165) is 24.3 Å². The van der Waals surface area contributed by atoms with Gasteiger partial charge in [-0.3, -0.25) is 14.4 Å². The Hall–Kier alpha value is -2.82. The molecule has 3 unspecified atom stereocenters. The molecule has 2 amide bonds. The molecule has 43 heavy (non-hydrogen) atoms. The van der Waals surface area contributed by atoms with Crippen LogP contribution in [-0.2, 0) is 19.1 Å². The van der Waals surface area contributed by atoms with Gasteiger partial charge in [-0.2, -0.15) is 0 Å². The lowest BCUT2D eigenvalue weighted by atomic mass is 9.71. The largest absolute Gasteiger partial charge is 0.466 e. The lowest BCUT2D eigenvalue weighted by Gasteiger charge is -2.40. The number of hydrogen-bond donors (Lipinski definition) is 1. The minimum Gasteiger partial charge on any atom is -0.466 e. The first kappa shape index (κ1) is 31.6. The number of rotatable bonds is 12. The van der Waals surface area contributed by atoms with E-state index in [1.54, 1.807) is 34.6 Å². The smallest absolute Gasteiger partial charge is 0.310 e. The Morgan fingerprint density at radius 1 is 1.14 bits per heavy atom. The third-order valence-electron chi connectivity index (χ3n) is 9.08. The first-order chi connectivity index (χ1) is 20.8. The quantitative estimate of drug-likeness (QED) is 0.197. The fraction of sp³-hybridized carbons (Fsp3) is 0.485. The third-order valence-corrected chi connectivity index (χ3v) is 12.3. The topological polar surface area (TPSA) is 90.4 Å². The number of anilines is 2. The van der Waals surface area contributed by atoms with Crippen molar-refractivity contribution in [3.05, 3.63) is 72.8 Å².